The molecule has 3 aliphatic rings. The Morgan fingerprint density at radius 3 is 2.35 bits per heavy atom. The summed E-state index contributed by atoms with van der Waals surface area (Å²) in [6.45, 7) is 10.2. The molecule has 1 aromatic rings. The van der Waals surface area contributed by atoms with Gasteiger partial charge in [-0.25, -0.2) is 9.97 Å². The third-order valence-corrected chi connectivity index (χ3v) is 7.68. The molecule has 1 aliphatic carbocycles. The Morgan fingerprint density at radius 2 is 1.71 bits per heavy atom. The summed E-state index contributed by atoms with van der Waals surface area (Å²) in [6.07, 6.45) is 10.3. The molecule has 0 amide bonds. The molecule has 3 heterocycles. The molecule has 1 saturated carbocycles. The summed E-state index contributed by atoms with van der Waals surface area (Å²) in [5.74, 6) is 4.47. The van der Waals surface area contributed by atoms with Gasteiger partial charge in [0.1, 0.15) is 0 Å². The first kappa shape index (κ1) is 24.8. The van der Waals surface area contributed by atoms with Crippen LogP contribution in [0.25, 0.3) is 0 Å². The van der Waals surface area contributed by atoms with Gasteiger partial charge in [-0.15, -0.1) is 24.0 Å². The van der Waals surface area contributed by atoms with Crippen molar-refractivity contribution in [2.45, 2.75) is 44.6 Å². The number of nitrogens with zero attached hydrogens (tertiary/aromatic N) is 6. The minimum atomic E-state index is 0. The van der Waals surface area contributed by atoms with E-state index in [1.165, 1.54) is 56.7 Å². The van der Waals surface area contributed by atoms with Crippen molar-refractivity contribution in [3.63, 3.8) is 0 Å². The number of aromatic nitrogens is 2. The molecule has 0 atom stereocenters. The van der Waals surface area contributed by atoms with E-state index in [1.807, 2.05) is 18.5 Å². The second-order valence-electron chi connectivity index (χ2n) is 8.58. The quantitative estimate of drug-likeness (QED) is 0.338. The van der Waals surface area contributed by atoms with E-state index in [1.54, 1.807) is 0 Å². The number of thioether (sulfide) groups is 1. The van der Waals surface area contributed by atoms with Crippen LogP contribution in [-0.4, -0.2) is 95.1 Å². The number of guanidine groups is 1. The number of rotatable bonds is 5. The number of hydrogen-bond donors (Lipinski definition) is 1. The maximum Gasteiger partial charge on any atom is 0.225 e. The van der Waals surface area contributed by atoms with Crippen molar-refractivity contribution in [2.75, 3.05) is 68.8 Å². The Hall–Kier alpha value is -0.810. The highest BCUT2D eigenvalue weighted by molar-refractivity contribution is 14.0. The minimum absolute atomic E-state index is 0. The molecule has 0 spiro atoms. The molecule has 2 aliphatic heterocycles. The zero-order chi connectivity index (χ0) is 20.7. The third kappa shape index (κ3) is 6.37. The van der Waals surface area contributed by atoms with Crippen LogP contribution in [0.1, 0.15) is 39.0 Å². The molecule has 0 radical (unpaired) electrons. The summed E-state index contributed by atoms with van der Waals surface area (Å²) in [4.78, 5) is 21.5. The summed E-state index contributed by atoms with van der Waals surface area (Å²) in [7, 11) is 0. The van der Waals surface area contributed by atoms with Gasteiger partial charge in [-0.3, -0.25) is 9.89 Å². The van der Waals surface area contributed by atoms with Gasteiger partial charge in [0.15, 0.2) is 5.96 Å². The highest BCUT2D eigenvalue weighted by Gasteiger charge is 2.38. The van der Waals surface area contributed by atoms with Crippen LogP contribution < -0.4 is 10.2 Å². The smallest absolute Gasteiger partial charge is 0.225 e. The highest BCUT2D eigenvalue weighted by Crippen LogP contribution is 2.35. The van der Waals surface area contributed by atoms with Crippen molar-refractivity contribution in [3.05, 3.63) is 18.5 Å². The number of hydrogen-bond acceptors (Lipinski definition) is 6. The standard InChI is InChI=1S/C22H37N7S.HI/c1-2-23-20(27-11-13-28(14-12-27)21-24-9-6-10-25-21)26-19-22(7-4-3-5-8-22)29-15-17-30-18-16-29;/h6,9-10H,2-5,7-8,11-19H2,1H3,(H,23,26);1H. The van der Waals surface area contributed by atoms with E-state index < -0.39 is 0 Å². The van der Waals surface area contributed by atoms with Crippen molar-refractivity contribution in [2.24, 2.45) is 4.99 Å². The van der Waals surface area contributed by atoms with Gasteiger partial charge in [-0.2, -0.15) is 11.8 Å². The van der Waals surface area contributed by atoms with Crippen LogP contribution in [0.3, 0.4) is 0 Å². The topological polar surface area (TPSA) is 59.9 Å². The molecule has 9 heteroatoms. The van der Waals surface area contributed by atoms with Gasteiger partial charge in [0.05, 0.1) is 6.54 Å². The van der Waals surface area contributed by atoms with Crippen LogP contribution in [-0.2, 0) is 0 Å². The zero-order valence-electron chi connectivity index (χ0n) is 18.8. The van der Waals surface area contributed by atoms with Crippen LogP contribution in [0.15, 0.2) is 23.5 Å². The first-order valence-corrected chi connectivity index (χ1v) is 12.8. The Kier molecular flexibility index (Phi) is 9.96. The van der Waals surface area contributed by atoms with Gasteiger partial charge in [0, 0.05) is 75.3 Å². The fraction of sp³-hybridized carbons (Fsp3) is 0.773. The molecule has 0 unspecified atom stereocenters. The zero-order valence-corrected chi connectivity index (χ0v) is 22.0. The molecular weight excluding hydrogens is 521 g/mol. The van der Waals surface area contributed by atoms with Crippen LogP contribution in [0, 0.1) is 0 Å². The van der Waals surface area contributed by atoms with Gasteiger partial charge < -0.3 is 15.1 Å². The SMILES string of the molecule is CCNC(=NCC1(N2CCSCC2)CCCCC1)N1CCN(c2ncccn2)CC1.I. The average Bonchev–Trinajstić information content (AvgIpc) is 2.84. The number of piperazine rings is 1. The second kappa shape index (κ2) is 12.4. The molecule has 7 nitrogen and oxygen atoms in total. The summed E-state index contributed by atoms with van der Waals surface area (Å²) in [5.41, 5.74) is 0.277. The molecule has 2 saturated heterocycles. The summed E-state index contributed by atoms with van der Waals surface area (Å²) >= 11 is 2.10. The number of anilines is 1. The largest absolute Gasteiger partial charge is 0.357 e. The monoisotopic (exact) mass is 559 g/mol. The lowest BCUT2D eigenvalue weighted by Gasteiger charge is -2.47. The maximum absolute atomic E-state index is 5.24. The summed E-state index contributed by atoms with van der Waals surface area (Å²) < 4.78 is 0. The van der Waals surface area contributed by atoms with Gasteiger partial charge in [-0.05, 0) is 25.8 Å². The van der Waals surface area contributed by atoms with Crippen molar-refractivity contribution < 1.29 is 0 Å². The highest BCUT2D eigenvalue weighted by atomic mass is 127. The Balaban J connectivity index is 0.00000272. The number of nitrogens with one attached hydrogen (secondary N) is 1. The molecule has 31 heavy (non-hydrogen) atoms. The van der Waals surface area contributed by atoms with Gasteiger partial charge in [0.25, 0.3) is 0 Å². The predicted molar refractivity (Wildman–Crippen MR) is 142 cm³/mol. The molecule has 174 valence electrons. The van der Waals surface area contributed by atoms with Crippen LogP contribution in [0.4, 0.5) is 5.95 Å². The van der Waals surface area contributed by atoms with Crippen LogP contribution in [0.5, 0.6) is 0 Å². The number of halogens is 1. The van der Waals surface area contributed by atoms with Crippen molar-refractivity contribution >= 4 is 47.6 Å². The normalized spacial score (nSPS) is 22.7. The lowest BCUT2D eigenvalue weighted by Crippen LogP contribution is -2.56. The van der Waals surface area contributed by atoms with Gasteiger partial charge in [-0.1, -0.05) is 19.3 Å². The average molecular weight is 560 g/mol. The molecule has 1 aromatic heterocycles. The van der Waals surface area contributed by atoms with E-state index in [0.29, 0.717) is 0 Å². The lowest BCUT2D eigenvalue weighted by molar-refractivity contribution is 0.0669. The molecule has 1 N–H and O–H groups in total. The molecule has 0 bridgehead atoms. The van der Waals surface area contributed by atoms with E-state index in [0.717, 1.165) is 51.2 Å². The van der Waals surface area contributed by atoms with Crippen LogP contribution >= 0.6 is 35.7 Å². The second-order valence-corrected chi connectivity index (χ2v) is 9.80. The Morgan fingerprint density at radius 1 is 1.03 bits per heavy atom. The Labute approximate surface area is 208 Å². The van der Waals surface area contributed by atoms with Crippen molar-refractivity contribution in [3.8, 4) is 0 Å². The van der Waals surface area contributed by atoms with Gasteiger partial charge >= 0.3 is 0 Å². The predicted octanol–water partition coefficient (Wildman–Crippen LogP) is 2.93. The molecular formula is C22H38IN7S. The minimum Gasteiger partial charge on any atom is -0.357 e. The van der Waals surface area contributed by atoms with Crippen LogP contribution in [0.2, 0.25) is 0 Å². The molecule has 3 fully saturated rings. The fourth-order valence-corrected chi connectivity index (χ4v) is 5.95. The first-order valence-electron chi connectivity index (χ1n) is 11.7. The van der Waals surface area contributed by atoms with Crippen molar-refractivity contribution in [1.29, 1.82) is 0 Å². The van der Waals surface area contributed by atoms with Gasteiger partial charge in [0.2, 0.25) is 5.95 Å². The van der Waals surface area contributed by atoms with E-state index in [2.05, 4.69) is 48.7 Å². The lowest BCUT2D eigenvalue weighted by atomic mass is 9.80. The van der Waals surface area contributed by atoms with Crippen molar-refractivity contribution in [1.82, 2.24) is 25.1 Å². The Bertz CT molecular complexity index is 670. The fourth-order valence-electron chi connectivity index (χ4n) is 5.04. The van der Waals surface area contributed by atoms with E-state index >= 15 is 0 Å². The summed E-state index contributed by atoms with van der Waals surface area (Å²) in [6, 6.07) is 1.87. The molecule has 4 rings (SSSR count). The number of aliphatic imine (C=N–C) groups is 1. The van der Waals surface area contributed by atoms with E-state index in [9.17, 15) is 0 Å². The van der Waals surface area contributed by atoms with E-state index in [4.69, 9.17) is 4.99 Å². The van der Waals surface area contributed by atoms with E-state index in [-0.39, 0.29) is 29.5 Å². The molecule has 0 aromatic carbocycles. The first-order chi connectivity index (χ1) is 14.8. The summed E-state index contributed by atoms with van der Waals surface area (Å²) in [5, 5.41) is 3.57. The maximum atomic E-state index is 5.24. The third-order valence-electron chi connectivity index (χ3n) is 6.74.